The number of anilines is 1. The van der Waals surface area contributed by atoms with Crippen LogP contribution in [0.4, 0.5) is 5.69 Å². The molecule has 0 aromatic heterocycles. The maximum Gasteiger partial charge on any atom is 0.243 e. The average molecular weight is 402 g/mol. The highest BCUT2D eigenvalue weighted by Crippen LogP contribution is 2.31. The number of carbonyl (C=O) groups is 1. The Hall–Kier alpha value is -2.58. The summed E-state index contributed by atoms with van der Waals surface area (Å²) in [5.41, 5.74) is 1.26. The highest BCUT2D eigenvalue weighted by molar-refractivity contribution is 7.89. The maximum absolute atomic E-state index is 12.7. The summed E-state index contributed by atoms with van der Waals surface area (Å²) in [6.07, 6.45) is 1.91. The molecule has 1 fully saturated rings. The quantitative estimate of drug-likeness (QED) is 0.830. The molecule has 2 heterocycles. The number of hydrogen-bond donors (Lipinski definition) is 1. The van der Waals surface area contributed by atoms with Crippen LogP contribution in [0, 0.1) is 0 Å². The summed E-state index contributed by atoms with van der Waals surface area (Å²) >= 11 is 0. The summed E-state index contributed by atoms with van der Waals surface area (Å²) < 4.78 is 37.9. The first-order chi connectivity index (χ1) is 13.5. The van der Waals surface area contributed by atoms with Gasteiger partial charge in [0.1, 0.15) is 13.2 Å². The number of fused-ring (bicyclic) bond motifs is 1. The summed E-state index contributed by atoms with van der Waals surface area (Å²) in [7, 11) is -3.51. The number of sulfonamides is 1. The number of nitrogens with one attached hydrogen (secondary N) is 1. The number of ether oxygens (including phenoxy) is 2. The van der Waals surface area contributed by atoms with Crippen LogP contribution in [-0.2, 0) is 21.2 Å². The highest BCUT2D eigenvalue weighted by atomic mass is 32.2. The molecule has 0 bridgehead atoms. The minimum atomic E-state index is -3.51. The molecule has 28 heavy (non-hydrogen) atoms. The Morgan fingerprint density at radius 1 is 1.00 bits per heavy atom. The van der Waals surface area contributed by atoms with Crippen LogP contribution in [0.5, 0.6) is 11.5 Å². The Balaban J connectivity index is 1.45. The van der Waals surface area contributed by atoms with Gasteiger partial charge in [-0.1, -0.05) is 12.1 Å². The van der Waals surface area contributed by atoms with E-state index < -0.39 is 10.0 Å². The molecule has 2 aromatic rings. The van der Waals surface area contributed by atoms with Gasteiger partial charge in [-0.15, -0.1) is 0 Å². The van der Waals surface area contributed by atoms with E-state index in [1.54, 1.807) is 30.3 Å². The zero-order valence-corrected chi connectivity index (χ0v) is 16.2. The van der Waals surface area contributed by atoms with Gasteiger partial charge < -0.3 is 14.8 Å². The van der Waals surface area contributed by atoms with Crippen molar-refractivity contribution in [2.45, 2.75) is 24.2 Å². The smallest absolute Gasteiger partial charge is 0.243 e. The predicted molar refractivity (Wildman–Crippen MR) is 104 cm³/mol. The molecule has 0 radical (unpaired) electrons. The second-order valence-electron chi connectivity index (χ2n) is 6.84. The van der Waals surface area contributed by atoms with Crippen molar-refractivity contribution in [3.05, 3.63) is 48.0 Å². The molecule has 0 atom stereocenters. The second kappa shape index (κ2) is 7.81. The van der Waals surface area contributed by atoms with Crippen LogP contribution < -0.4 is 14.8 Å². The van der Waals surface area contributed by atoms with Gasteiger partial charge in [0.2, 0.25) is 15.9 Å². The van der Waals surface area contributed by atoms with Crippen LogP contribution >= 0.6 is 0 Å². The van der Waals surface area contributed by atoms with E-state index in [-0.39, 0.29) is 17.2 Å². The van der Waals surface area contributed by atoms with E-state index in [1.165, 1.54) is 10.4 Å². The molecule has 8 heteroatoms. The van der Waals surface area contributed by atoms with Crippen molar-refractivity contribution in [3.8, 4) is 11.5 Å². The van der Waals surface area contributed by atoms with Crippen LogP contribution in [-0.4, -0.2) is 44.9 Å². The lowest BCUT2D eigenvalue weighted by Gasteiger charge is -2.19. The van der Waals surface area contributed by atoms with Crippen molar-refractivity contribution in [2.75, 3.05) is 31.6 Å². The lowest BCUT2D eigenvalue weighted by molar-refractivity contribution is -0.115. The lowest BCUT2D eigenvalue weighted by Crippen LogP contribution is -2.28. The molecule has 7 nitrogen and oxygen atoms in total. The van der Waals surface area contributed by atoms with Gasteiger partial charge in [0.05, 0.1) is 11.3 Å². The fraction of sp³-hybridized carbons (Fsp3) is 0.350. The largest absolute Gasteiger partial charge is 0.486 e. The third kappa shape index (κ3) is 3.98. The highest BCUT2D eigenvalue weighted by Gasteiger charge is 2.27. The fourth-order valence-corrected chi connectivity index (χ4v) is 4.96. The molecule has 2 aliphatic rings. The first-order valence-electron chi connectivity index (χ1n) is 9.31. The normalized spacial score (nSPS) is 16.7. The van der Waals surface area contributed by atoms with Crippen LogP contribution in [0.15, 0.2) is 47.4 Å². The molecule has 0 spiro atoms. The van der Waals surface area contributed by atoms with Crippen molar-refractivity contribution in [3.63, 3.8) is 0 Å². The summed E-state index contributed by atoms with van der Waals surface area (Å²) in [4.78, 5) is 12.6. The number of carbonyl (C=O) groups excluding carboxylic acids is 1. The van der Waals surface area contributed by atoms with Gasteiger partial charge in [-0.3, -0.25) is 4.79 Å². The second-order valence-corrected chi connectivity index (χ2v) is 8.78. The average Bonchev–Trinajstić information content (AvgIpc) is 3.24. The number of amides is 1. The number of hydrogen-bond acceptors (Lipinski definition) is 5. The molecule has 148 valence electrons. The Morgan fingerprint density at radius 2 is 1.75 bits per heavy atom. The number of rotatable bonds is 5. The zero-order valence-electron chi connectivity index (χ0n) is 15.4. The maximum atomic E-state index is 12.7. The standard InChI is InChI=1S/C20H22N2O5S/c23-20(13-15-6-7-18-19(12-15)27-11-10-26-18)21-16-4-3-5-17(14-16)28(24,25)22-8-1-2-9-22/h3-7,12,14H,1-2,8-11,13H2,(H,21,23). The van der Waals surface area contributed by atoms with Crippen molar-refractivity contribution in [2.24, 2.45) is 0 Å². The van der Waals surface area contributed by atoms with E-state index in [9.17, 15) is 13.2 Å². The molecule has 2 aromatic carbocycles. The van der Waals surface area contributed by atoms with Crippen molar-refractivity contribution in [1.82, 2.24) is 4.31 Å². The molecular formula is C20H22N2O5S. The topological polar surface area (TPSA) is 84.9 Å². The molecule has 1 amide bonds. The minimum absolute atomic E-state index is 0.153. The van der Waals surface area contributed by atoms with E-state index in [1.807, 2.05) is 6.07 Å². The SMILES string of the molecule is O=C(Cc1ccc2c(c1)OCCO2)Nc1cccc(S(=O)(=O)N2CCCC2)c1. The zero-order chi connectivity index (χ0) is 19.6. The Kier molecular flexibility index (Phi) is 5.23. The number of benzene rings is 2. The van der Waals surface area contributed by atoms with Crippen LogP contribution in [0.25, 0.3) is 0 Å². The summed E-state index contributed by atoms with van der Waals surface area (Å²) in [5, 5.41) is 2.78. The van der Waals surface area contributed by atoms with E-state index in [0.717, 1.165) is 18.4 Å². The summed E-state index contributed by atoms with van der Waals surface area (Å²) in [6, 6.07) is 11.8. The Labute approximate surface area is 164 Å². The van der Waals surface area contributed by atoms with Gasteiger partial charge in [-0.2, -0.15) is 4.31 Å². The van der Waals surface area contributed by atoms with Crippen LogP contribution in [0.3, 0.4) is 0 Å². The van der Waals surface area contributed by atoms with Gasteiger partial charge in [0.25, 0.3) is 0 Å². The molecule has 1 N–H and O–H groups in total. The van der Waals surface area contributed by atoms with Crippen molar-refractivity contribution in [1.29, 1.82) is 0 Å². The van der Waals surface area contributed by atoms with Gasteiger partial charge in [-0.25, -0.2) is 8.42 Å². The summed E-state index contributed by atoms with van der Waals surface area (Å²) in [6.45, 7) is 2.09. The molecule has 1 saturated heterocycles. The van der Waals surface area contributed by atoms with E-state index in [0.29, 0.717) is 43.5 Å². The lowest BCUT2D eigenvalue weighted by atomic mass is 10.1. The third-order valence-corrected chi connectivity index (χ3v) is 6.69. The van der Waals surface area contributed by atoms with Gasteiger partial charge in [0.15, 0.2) is 11.5 Å². The van der Waals surface area contributed by atoms with Gasteiger partial charge >= 0.3 is 0 Å². The van der Waals surface area contributed by atoms with Gasteiger partial charge in [0, 0.05) is 18.8 Å². The van der Waals surface area contributed by atoms with Crippen molar-refractivity contribution < 1.29 is 22.7 Å². The third-order valence-electron chi connectivity index (χ3n) is 4.79. The Bertz CT molecular complexity index is 984. The molecule has 0 saturated carbocycles. The first-order valence-corrected chi connectivity index (χ1v) is 10.7. The molecule has 0 unspecified atom stereocenters. The van der Waals surface area contributed by atoms with Crippen LogP contribution in [0.2, 0.25) is 0 Å². The monoisotopic (exact) mass is 402 g/mol. The molecule has 2 aliphatic heterocycles. The van der Waals surface area contributed by atoms with E-state index in [2.05, 4.69) is 5.32 Å². The first kappa shape index (κ1) is 18.8. The molecule has 0 aliphatic carbocycles. The molecule has 4 rings (SSSR count). The summed E-state index contributed by atoms with van der Waals surface area (Å²) in [5.74, 6) is 1.08. The van der Waals surface area contributed by atoms with Crippen LogP contribution in [0.1, 0.15) is 18.4 Å². The predicted octanol–water partition coefficient (Wildman–Crippen LogP) is 2.42. The minimum Gasteiger partial charge on any atom is -0.486 e. The fourth-order valence-electron chi connectivity index (χ4n) is 3.40. The van der Waals surface area contributed by atoms with Crippen molar-refractivity contribution >= 4 is 21.6 Å². The number of nitrogens with zero attached hydrogens (tertiary/aromatic N) is 1. The Morgan fingerprint density at radius 3 is 2.54 bits per heavy atom. The van der Waals surface area contributed by atoms with E-state index >= 15 is 0 Å². The van der Waals surface area contributed by atoms with Gasteiger partial charge in [-0.05, 0) is 48.7 Å². The molecular weight excluding hydrogens is 380 g/mol. The van der Waals surface area contributed by atoms with E-state index in [4.69, 9.17) is 9.47 Å².